The SMILES string of the molecule is Cc1c(Br)cccc1C(O)c1ccoc1. The first-order chi connectivity index (χ1) is 7.20. The molecule has 78 valence electrons. The van der Waals surface area contributed by atoms with Crippen LogP contribution in [0.5, 0.6) is 0 Å². The van der Waals surface area contributed by atoms with Gasteiger partial charge in [0.1, 0.15) is 6.10 Å². The molecule has 1 unspecified atom stereocenters. The molecule has 2 rings (SSSR count). The predicted molar refractivity (Wildman–Crippen MR) is 61.6 cm³/mol. The lowest BCUT2D eigenvalue weighted by Crippen LogP contribution is -2.00. The largest absolute Gasteiger partial charge is 0.472 e. The fourth-order valence-corrected chi connectivity index (χ4v) is 1.91. The molecule has 0 spiro atoms. The molecule has 2 aromatic rings. The van der Waals surface area contributed by atoms with Crippen LogP contribution in [0.15, 0.2) is 45.7 Å². The summed E-state index contributed by atoms with van der Waals surface area (Å²) in [7, 11) is 0. The average molecular weight is 267 g/mol. The van der Waals surface area contributed by atoms with Crippen LogP contribution in [-0.2, 0) is 0 Å². The van der Waals surface area contributed by atoms with E-state index >= 15 is 0 Å². The zero-order valence-corrected chi connectivity index (χ0v) is 9.86. The molecular weight excluding hydrogens is 256 g/mol. The van der Waals surface area contributed by atoms with Gasteiger partial charge in [-0.1, -0.05) is 28.1 Å². The van der Waals surface area contributed by atoms with E-state index in [2.05, 4.69) is 15.9 Å². The lowest BCUT2D eigenvalue weighted by atomic mass is 10.00. The smallest absolute Gasteiger partial charge is 0.107 e. The third kappa shape index (κ3) is 1.98. The van der Waals surface area contributed by atoms with Crippen molar-refractivity contribution < 1.29 is 9.52 Å². The summed E-state index contributed by atoms with van der Waals surface area (Å²) >= 11 is 3.44. The molecule has 0 aliphatic heterocycles. The molecule has 0 fully saturated rings. The first-order valence-electron chi connectivity index (χ1n) is 4.65. The van der Waals surface area contributed by atoms with Crippen molar-refractivity contribution in [1.82, 2.24) is 0 Å². The van der Waals surface area contributed by atoms with Crippen LogP contribution in [-0.4, -0.2) is 5.11 Å². The van der Waals surface area contributed by atoms with Crippen LogP contribution >= 0.6 is 15.9 Å². The maximum atomic E-state index is 10.1. The highest BCUT2D eigenvalue weighted by atomic mass is 79.9. The Morgan fingerprint density at radius 3 is 2.80 bits per heavy atom. The Balaban J connectivity index is 2.42. The third-order valence-corrected chi connectivity index (χ3v) is 3.32. The van der Waals surface area contributed by atoms with Crippen molar-refractivity contribution in [2.24, 2.45) is 0 Å². The minimum Gasteiger partial charge on any atom is -0.472 e. The molecule has 1 aromatic heterocycles. The number of hydrogen-bond acceptors (Lipinski definition) is 2. The van der Waals surface area contributed by atoms with Gasteiger partial charge in [0.2, 0.25) is 0 Å². The van der Waals surface area contributed by atoms with Crippen LogP contribution < -0.4 is 0 Å². The first-order valence-corrected chi connectivity index (χ1v) is 5.44. The molecule has 0 bridgehead atoms. The fourth-order valence-electron chi connectivity index (χ4n) is 1.53. The van der Waals surface area contributed by atoms with Crippen molar-refractivity contribution in [2.75, 3.05) is 0 Å². The van der Waals surface area contributed by atoms with E-state index in [-0.39, 0.29) is 0 Å². The minimum absolute atomic E-state index is 0.624. The lowest BCUT2D eigenvalue weighted by molar-refractivity contribution is 0.218. The Bertz CT molecular complexity index is 449. The lowest BCUT2D eigenvalue weighted by Gasteiger charge is -2.12. The summed E-state index contributed by atoms with van der Waals surface area (Å²) in [6.07, 6.45) is 2.50. The summed E-state index contributed by atoms with van der Waals surface area (Å²) in [5.41, 5.74) is 2.72. The number of aliphatic hydroxyl groups excluding tert-OH is 1. The number of halogens is 1. The molecule has 1 atom stereocenters. The van der Waals surface area contributed by atoms with Gasteiger partial charge in [-0.2, -0.15) is 0 Å². The number of benzene rings is 1. The Morgan fingerprint density at radius 2 is 2.13 bits per heavy atom. The fraction of sp³-hybridized carbons (Fsp3) is 0.167. The van der Waals surface area contributed by atoms with E-state index in [1.165, 1.54) is 0 Å². The molecule has 3 heteroatoms. The standard InChI is InChI=1S/C12H11BrO2/c1-8-10(3-2-4-11(8)13)12(14)9-5-6-15-7-9/h2-7,12,14H,1H3. The van der Waals surface area contributed by atoms with E-state index in [1.807, 2.05) is 25.1 Å². The topological polar surface area (TPSA) is 33.4 Å². The maximum Gasteiger partial charge on any atom is 0.107 e. The number of rotatable bonds is 2. The highest BCUT2D eigenvalue weighted by Crippen LogP contribution is 2.28. The quantitative estimate of drug-likeness (QED) is 0.904. The second-order valence-corrected chi connectivity index (χ2v) is 4.27. The molecule has 0 aliphatic rings. The summed E-state index contributed by atoms with van der Waals surface area (Å²) in [6.45, 7) is 1.97. The molecule has 1 heterocycles. The summed E-state index contributed by atoms with van der Waals surface area (Å²) in [5.74, 6) is 0. The molecular formula is C12H11BrO2. The molecule has 0 saturated heterocycles. The number of aliphatic hydroxyl groups is 1. The minimum atomic E-state index is -0.624. The second kappa shape index (κ2) is 4.21. The van der Waals surface area contributed by atoms with Crippen molar-refractivity contribution in [1.29, 1.82) is 0 Å². The predicted octanol–water partition coefficient (Wildman–Crippen LogP) is 3.43. The van der Waals surface area contributed by atoms with E-state index in [0.717, 1.165) is 21.2 Å². The van der Waals surface area contributed by atoms with Gasteiger partial charge < -0.3 is 9.52 Å². The highest BCUT2D eigenvalue weighted by Gasteiger charge is 2.14. The Kier molecular flexibility index (Phi) is 2.93. The summed E-state index contributed by atoms with van der Waals surface area (Å²) in [6, 6.07) is 7.55. The zero-order valence-electron chi connectivity index (χ0n) is 8.27. The van der Waals surface area contributed by atoms with Gasteiger partial charge >= 0.3 is 0 Å². The van der Waals surface area contributed by atoms with E-state index < -0.39 is 6.10 Å². The average Bonchev–Trinajstić information content (AvgIpc) is 2.74. The molecule has 0 aliphatic carbocycles. The van der Waals surface area contributed by atoms with Gasteiger partial charge in [-0.3, -0.25) is 0 Å². The second-order valence-electron chi connectivity index (χ2n) is 3.41. The molecule has 1 N–H and O–H groups in total. The molecule has 1 aromatic carbocycles. The zero-order chi connectivity index (χ0) is 10.8. The molecule has 0 radical (unpaired) electrons. The van der Waals surface area contributed by atoms with Gasteiger partial charge in [-0.05, 0) is 30.2 Å². The number of hydrogen-bond donors (Lipinski definition) is 1. The van der Waals surface area contributed by atoms with E-state index in [4.69, 9.17) is 4.42 Å². The molecule has 15 heavy (non-hydrogen) atoms. The van der Waals surface area contributed by atoms with Crippen LogP contribution in [0.4, 0.5) is 0 Å². The van der Waals surface area contributed by atoms with Gasteiger partial charge in [-0.25, -0.2) is 0 Å². The molecule has 0 amide bonds. The van der Waals surface area contributed by atoms with Crippen LogP contribution in [0.3, 0.4) is 0 Å². The van der Waals surface area contributed by atoms with Crippen LogP contribution in [0, 0.1) is 6.92 Å². The van der Waals surface area contributed by atoms with Gasteiger partial charge in [0.15, 0.2) is 0 Å². The Morgan fingerprint density at radius 1 is 1.33 bits per heavy atom. The third-order valence-electron chi connectivity index (χ3n) is 2.46. The monoisotopic (exact) mass is 266 g/mol. The summed E-state index contributed by atoms with van der Waals surface area (Å²) in [5, 5.41) is 10.1. The Hall–Kier alpha value is -1.06. The highest BCUT2D eigenvalue weighted by molar-refractivity contribution is 9.10. The molecule has 2 nitrogen and oxygen atoms in total. The van der Waals surface area contributed by atoms with Crippen molar-refractivity contribution in [2.45, 2.75) is 13.0 Å². The van der Waals surface area contributed by atoms with Crippen molar-refractivity contribution in [3.8, 4) is 0 Å². The van der Waals surface area contributed by atoms with Crippen LogP contribution in [0.25, 0.3) is 0 Å². The first kappa shape index (κ1) is 10.5. The van der Waals surface area contributed by atoms with Crippen LogP contribution in [0.1, 0.15) is 22.8 Å². The number of furan rings is 1. The normalized spacial score (nSPS) is 12.7. The van der Waals surface area contributed by atoms with Gasteiger partial charge in [0.25, 0.3) is 0 Å². The van der Waals surface area contributed by atoms with Gasteiger partial charge in [-0.15, -0.1) is 0 Å². The van der Waals surface area contributed by atoms with E-state index in [1.54, 1.807) is 18.6 Å². The maximum absolute atomic E-state index is 10.1. The van der Waals surface area contributed by atoms with Crippen molar-refractivity contribution in [3.63, 3.8) is 0 Å². The van der Waals surface area contributed by atoms with Gasteiger partial charge in [0, 0.05) is 10.0 Å². The van der Waals surface area contributed by atoms with Crippen LogP contribution in [0.2, 0.25) is 0 Å². The summed E-state index contributed by atoms with van der Waals surface area (Å²) in [4.78, 5) is 0. The summed E-state index contributed by atoms with van der Waals surface area (Å²) < 4.78 is 5.96. The Labute approximate surface area is 96.7 Å². The van der Waals surface area contributed by atoms with Crippen molar-refractivity contribution in [3.05, 3.63) is 58.0 Å². The van der Waals surface area contributed by atoms with Crippen molar-refractivity contribution >= 4 is 15.9 Å². The van der Waals surface area contributed by atoms with E-state index in [0.29, 0.717) is 0 Å². The molecule has 0 saturated carbocycles. The van der Waals surface area contributed by atoms with E-state index in [9.17, 15) is 5.11 Å². The van der Waals surface area contributed by atoms with Gasteiger partial charge in [0.05, 0.1) is 12.5 Å².